The Kier molecular flexibility index (Phi) is 9.39. The number of rotatable bonds is 10. The average molecular weight is 495 g/mol. The molecule has 1 aliphatic carbocycles. The van der Waals surface area contributed by atoms with Gasteiger partial charge in [0.15, 0.2) is 0 Å². The third kappa shape index (κ3) is 6.39. The summed E-state index contributed by atoms with van der Waals surface area (Å²) in [5.74, 6) is 0.125. The molecule has 0 spiro atoms. The van der Waals surface area contributed by atoms with Crippen LogP contribution in [0.5, 0.6) is 11.5 Å². The van der Waals surface area contributed by atoms with Crippen LogP contribution in [0.4, 0.5) is 5.69 Å². The summed E-state index contributed by atoms with van der Waals surface area (Å²) in [5, 5.41) is 15.1. The summed E-state index contributed by atoms with van der Waals surface area (Å²) in [6.45, 7) is 5.71. The standard InChI is InChI=1S/C29H38N2O5/c1-18(29(34)30-16-15-25(32)33)17-24-19(2)28(36-5)26(20(3)27(24)35-4)21-11-13-23(14-12-21)31-22-9-7-6-8-10-22/h11-14,17,22,31H,6-10,15-16H2,1-5H3,(H,30,34)(H,32,33)/b18-17+. The van der Waals surface area contributed by atoms with E-state index >= 15 is 0 Å². The Bertz CT molecular complexity index is 1120. The van der Waals surface area contributed by atoms with Crippen molar-refractivity contribution in [3.63, 3.8) is 0 Å². The molecule has 0 aromatic heterocycles. The zero-order valence-corrected chi connectivity index (χ0v) is 22.0. The maximum Gasteiger partial charge on any atom is 0.305 e. The number of carbonyl (C=O) groups is 2. The van der Waals surface area contributed by atoms with Crippen molar-refractivity contribution in [3.05, 3.63) is 46.5 Å². The first kappa shape index (κ1) is 27.1. The van der Waals surface area contributed by atoms with Crippen LogP contribution in [0.25, 0.3) is 17.2 Å². The Morgan fingerprint density at radius 2 is 1.64 bits per heavy atom. The van der Waals surface area contributed by atoms with E-state index in [0.717, 1.165) is 39.3 Å². The number of hydrogen-bond acceptors (Lipinski definition) is 5. The van der Waals surface area contributed by atoms with Crippen LogP contribution in [0.3, 0.4) is 0 Å². The number of anilines is 1. The van der Waals surface area contributed by atoms with E-state index in [1.807, 2.05) is 13.8 Å². The number of amides is 1. The number of nitrogens with one attached hydrogen (secondary N) is 2. The maximum absolute atomic E-state index is 12.5. The van der Waals surface area contributed by atoms with Crippen molar-refractivity contribution in [2.75, 3.05) is 26.1 Å². The molecule has 3 N–H and O–H groups in total. The second-order valence-corrected chi connectivity index (χ2v) is 9.39. The van der Waals surface area contributed by atoms with Gasteiger partial charge >= 0.3 is 5.97 Å². The Morgan fingerprint density at radius 1 is 1.00 bits per heavy atom. The van der Waals surface area contributed by atoms with Crippen LogP contribution in [0.2, 0.25) is 0 Å². The first-order valence-electron chi connectivity index (χ1n) is 12.6. The van der Waals surface area contributed by atoms with E-state index in [4.69, 9.17) is 14.6 Å². The molecule has 0 atom stereocenters. The van der Waals surface area contributed by atoms with E-state index in [1.165, 1.54) is 32.1 Å². The Labute approximate surface area is 213 Å². The lowest BCUT2D eigenvalue weighted by atomic mass is 9.91. The van der Waals surface area contributed by atoms with Crippen molar-refractivity contribution in [2.45, 2.75) is 65.3 Å². The molecule has 194 valence electrons. The summed E-state index contributed by atoms with van der Waals surface area (Å²) in [5.41, 5.74) is 6.09. The molecule has 0 bridgehead atoms. The van der Waals surface area contributed by atoms with E-state index in [2.05, 4.69) is 34.9 Å². The first-order chi connectivity index (χ1) is 17.3. The SMILES string of the molecule is COc1c(C)c(-c2ccc(NC3CCCCC3)cc2)c(OC)c(C)c1/C=C(\C)C(=O)NCCC(=O)O. The molecule has 1 amide bonds. The molecule has 0 unspecified atom stereocenters. The van der Waals surface area contributed by atoms with E-state index in [-0.39, 0.29) is 18.9 Å². The van der Waals surface area contributed by atoms with Crippen LogP contribution >= 0.6 is 0 Å². The van der Waals surface area contributed by atoms with Gasteiger partial charge in [-0.25, -0.2) is 0 Å². The highest BCUT2D eigenvalue weighted by Crippen LogP contribution is 2.45. The fourth-order valence-corrected chi connectivity index (χ4v) is 4.93. The van der Waals surface area contributed by atoms with Crippen LogP contribution < -0.4 is 20.1 Å². The fourth-order valence-electron chi connectivity index (χ4n) is 4.93. The number of carbonyl (C=O) groups excluding carboxylic acids is 1. The summed E-state index contributed by atoms with van der Waals surface area (Å²) in [6.07, 6.45) is 7.98. The Morgan fingerprint density at radius 3 is 2.22 bits per heavy atom. The maximum atomic E-state index is 12.5. The number of methoxy groups -OCH3 is 2. The number of hydrogen-bond donors (Lipinski definition) is 3. The van der Waals surface area contributed by atoms with Gasteiger partial charge in [0, 0.05) is 46.1 Å². The summed E-state index contributed by atoms with van der Waals surface area (Å²) < 4.78 is 11.7. The monoisotopic (exact) mass is 494 g/mol. The van der Waals surface area contributed by atoms with Gasteiger partial charge in [0.05, 0.1) is 20.6 Å². The molecule has 1 aliphatic rings. The highest BCUT2D eigenvalue weighted by Gasteiger charge is 2.22. The lowest BCUT2D eigenvalue weighted by molar-refractivity contribution is -0.136. The van der Waals surface area contributed by atoms with Gasteiger partial charge in [0.2, 0.25) is 5.91 Å². The predicted octanol–water partition coefficient (Wildman–Crippen LogP) is 5.73. The molecular formula is C29H38N2O5. The molecular weight excluding hydrogens is 456 g/mol. The topological polar surface area (TPSA) is 96.9 Å². The molecule has 7 heteroatoms. The Hall–Kier alpha value is -3.48. The van der Waals surface area contributed by atoms with Crippen LogP contribution in [-0.4, -0.2) is 43.8 Å². The number of ether oxygens (including phenoxy) is 2. The predicted molar refractivity (Wildman–Crippen MR) is 144 cm³/mol. The molecule has 36 heavy (non-hydrogen) atoms. The normalized spacial score (nSPS) is 14.3. The minimum atomic E-state index is -0.955. The van der Waals surface area contributed by atoms with Crippen LogP contribution in [0.1, 0.15) is 62.1 Å². The number of carboxylic acids is 1. The van der Waals surface area contributed by atoms with Crippen LogP contribution in [-0.2, 0) is 9.59 Å². The molecule has 2 aromatic carbocycles. The van der Waals surface area contributed by atoms with E-state index in [1.54, 1.807) is 27.2 Å². The highest BCUT2D eigenvalue weighted by molar-refractivity contribution is 5.98. The third-order valence-electron chi connectivity index (χ3n) is 6.83. The van der Waals surface area contributed by atoms with Crippen molar-refractivity contribution >= 4 is 23.6 Å². The van der Waals surface area contributed by atoms with Crippen molar-refractivity contribution in [3.8, 4) is 22.6 Å². The fraction of sp³-hybridized carbons (Fsp3) is 0.448. The number of carboxylic acid groups (broad SMARTS) is 1. The second-order valence-electron chi connectivity index (χ2n) is 9.39. The summed E-state index contributed by atoms with van der Waals surface area (Å²) in [6, 6.07) is 8.98. The molecule has 0 saturated heterocycles. The summed E-state index contributed by atoms with van der Waals surface area (Å²) in [7, 11) is 3.27. The number of benzene rings is 2. The minimum Gasteiger partial charge on any atom is -0.496 e. The van der Waals surface area contributed by atoms with Gasteiger partial charge < -0.3 is 25.2 Å². The lowest BCUT2D eigenvalue weighted by Gasteiger charge is -2.24. The first-order valence-corrected chi connectivity index (χ1v) is 12.6. The zero-order valence-electron chi connectivity index (χ0n) is 22.0. The van der Waals surface area contributed by atoms with Crippen molar-refractivity contribution in [1.82, 2.24) is 5.32 Å². The number of aliphatic carboxylic acids is 1. The van der Waals surface area contributed by atoms with Gasteiger partial charge in [-0.1, -0.05) is 31.4 Å². The molecule has 1 fully saturated rings. The quantitative estimate of drug-likeness (QED) is 0.365. The average Bonchev–Trinajstić information content (AvgIpc) is 2.87. The molecule has 0 aliphatic heterocycles. The third-order valence-corrected chi connectivity index (χ3v) is 6.83. The molecule has 0 heterocycles. The van der Waals surface area contributed by atoms with Gasteiger partial charge in [-0.2, -0.15) is 0 Å². The molecule has 1 saturated carbocycles. The molecule has 3 rings (SSSR count). The van der Waals surface area contributed by atoms with E-state index in [0.29, 0.717) is 17.4 Å². The smallest absolute Gasteiger partial charge is 0.305 e. The van der Waals surface area contributed by atoms with Crippen molar-refractivity contribution < 1.29 is 24.2 Å². The highest BCUT2D eigenvalue weighted by atomic mass is 16.5. The molecule has 2 aromatic rings. The lowest BCUT2D eigenvalue weighted by Crippen LogP contribution is -2.26. The zero-order chi connectivity index (χ0) is 26.2. The van der Waals surface area contributed by atoms with Crippen molar-refractivity contribution in [1.29, 1.82) is 0 Å². The molecule has 0 radical (unpaired) electrons. The summed E-state index contributed by atoms with van der Waals surface area (Å²) in [4.78, 5) is 23.2. The van der Waals surface area contributed by atoms with Gasteiger partial charge in [-0.15, -0.1) is 0 Å². The largest absolute Gasteiger partial charge is 0.496 e. The van der Waals surface area contributed by atoms with Crippen LogP contribution in [0.15, 0.2) is 29.8 Å². The van der Waals surface area contributed by atoms with Crippen molar-refractivity contribution in [2.24, 2.45) is 0 Å². The minimum absolute atomic E-state index is 0.0718. The molecule has 7 nitrogen and oxygen atoms in total. The van der Waals surface area contributed by atoms with Gasteiger partial charge in [0.25, 0.3) is 0 Å². The van der Waals surface area contributed by atoms with Gasteiger partial charge in [0.1, 0.15) is 11.5 Å². The van der Waals surface area contributed by atoms with Gasteiger partial charge in [-0.05, 0) is 57.4 Å². The van der Waals surface area contributed by atoms with E-state index < -0.39 is 5.97 Å². The second kappa shape index (κ2) is 12.5. The van der Waals surface area contributed by atoms with Gasteiger partial charge in [-0.3, -0.25) is 9.59 Å². The Balaban J connectivity index is 1.94. The summed E-state index contributed by atoms with van der Waals surface area (Å²) >= 11 is 0. The van der Waals surface area contributed by atoms with E-state index in [9.17, 15) is 9.59 Å². The van der Waals surface area contributed by atoms with Crippen LogP contribution in [0, 0.1) is 13.8 Å².